The van der Waals surface area contributed by atoms with Crippen LogP contribution in [0.3, 0.4) is 0 Å². The molecule has 17 heavy (non-hydrogen) atoms. The Kier molecular flexibility index (Phi) is 4.39. The number of carboxylic acids is 2. The zero-order valence-electron chi connectivity index (χ0n) is 9.12. The molecule has 0 saturated heterocycles. The number of carbonyl (C=O) groups is 2. The number of carboxylic acid groups (broad SMARTS) is 2. The van der Waals surface area contributed by atoms with Crippen molar-refractivity contribution in [3.8, 4) is 0 Å². The summed E-state index contributed by atoms with van der Waals surface area (Å²) in [5.41, 5.74) is 0.592. The van der Waals surface area contributed by atoms with E-state index in [0.29, 0.717) is 10.5 Å². The van der Waals surface area contributed by atoms with E-state index < -0.39 is 28.7 Å². The van der Waals surface area contributed by atoms with E-state index >= 15 is 0 Å². The van der Waals surface area contributed by atoms with Crippen LogP contribution in [0.1, 0.15) is 5.56 Å². The van der Waals surface area contributed by atoms with Gasteiger partial charge < -0.3 is 10.2 Å². The molecule has 0 fully saturated rings. The molecule has 0 heterocycles. The van der Waals surface area contributed by atoms with Crippen molar-refractivity contribution in [2.75, 3.05) is 6.26 Å². The molecule has 1 atom stereocenters. The van der Waals surface area contributed by atoms with Gasteiger partial charge in [0, 0.05) is 22.0 Å². The van der Waals surface area contributed by atoms with Crippen LogP contribution in [-0.2, 0) is 26.8 Å². The number of hydrogen-bond acceptors (Lipinski definition) is 3. The largest absolute Gasteiger partial charge is 0.481 e. The molecular formula is C11H12O5S. The predicted molar refractivity (Wildman–Crippen MR) is 61.2 cm³/mol. The molecule has 2 N–H and O–H groups in total. The maximum atomic E-state index is 11.1. The zero-order valence-corrected chi connectivity index (χ0v) is 9.94. The van der Waals surface area contributed by atoms with Gasteiger partial charge in [0.05, 0.1) is 0 Å². The Morgan fingerprint density at radius 1 is 1.18 bits per heavy atom. The van der Waals surface area contributed by atoms with Crippen molar-refractivity contribution in [2.24, 2.45) is 5.92 Å². The number of benzene rings is 1. The summed E-state index contributed by atoms with van der Waals surface area (Å²) in [5.74, 6) is -4.17. The highest BCUT2D eigenvalue weighted by molar-refractivity contribution is 7.84. The van der Waals surface area contributed by atoms with Gasteiger partial charge in [-0.3, -0.25) is 13.8 Å². The van der Waals surface area contributed by atoms with Crippen LogP contribution in [0.4, 0.5) is 0 Å². The summed E-state index contributed by atoms with van der Waals surface area (Å²) in [4.78, 5) is 22.0. The van der Waals surface area contributed by atoms with Crippen LogP contribution in [0.15, 0.2) is 29.2 Å². The molecule has 92 valence electrons. The van der Waals surface area contributed by atoms with E-state index in [-0.39, 0.29) is 6.42 Å². The lowest BCUT2D eigenvalue weighted by Gasteiger charge is -2.07. The van der Waals surface area contributed by atoms with E-state index in [9.17, 15) is 13.8 Å². The van der Waals surface area contributed by atoms with Gasteiger partial charge in [-0.2, -0.15) is 0 Å². The molecular weight excluding hydrogens is 244 g/mol. The first-order chi connectivity index (χ1) is 7.91. The van der Waals surface area contributed by atoms with E-state index in [0.717, 1.165) is 0 Å². The average Bonchev–Trinajstić information content (AvgIpc) is 2.25. The molecule has 0 bridgehead atoms. The van der Waals surface area contributed by atoms with Crippen LogP contribution in [0.5, 0.6) is 0 Å². The van der Waals surface area contributed by atoms with Crippen molar-refractivity contribution >= 4 is 22.7 Å². The SMILES string of the molecule is CS(=O)c1ccc(CC(C(=O)O)C(=O)O)cc1. The van der Waals surface area contributed by atoms with Crippen LogP contribution in [0, 0.1) is 5.92 Å². The van der Waals surface area contributed by atoms with Gasteiger partial charge >= 0.3 is 11.9 Å². The van der Waals surface area contributed by atoms with Gasteiger partial charge in [-0.15, -0.1) is 0 Å². The maximum absolute atomic E-state index is 11.1. The molecule has 0 aliphatic heterocycles. The molecule has 6 heteroatoms. The summed E-state index contributed by atoms with van der Waals surface area (Å²) in [7, 11) is -1.10. The second-order valence-electron chi connectivity index (χ2n) is 3.53. The zero-order chi connectivity index (χ0) is 13.0. The molecule has 0 spiro atoms. The summed E-state index contributed by atoms with van der Waals surface area (Å²) in [5, 5.41) is 17.4. The van der Waals surface area contributed by atoms with Gasteiger partial charge in [-0.25, -0.2) is 0 Å². The standard InChI is InChI=1S/C11H12O5S/c1-17(16)8-4-2-7(3-5-8)6-9(10(12)13)11(14)15/h2-5,9H,6H2,1H3,(H,12,13)(H,14,15). The van der Waals surface area contributed by atoms with Crippen LogP contribution in [0.25, 0.3) is 0 Å². The van der Waals surface area contributed by atoms with E-state index in [2.05, 4.69) is 0 Å². The minimum atomic E-state index is -1.45. The highest BCUT2D eigenvalue weighted by atomic mass is 32.2. The third kappa shape index (κ3) is 3.67. The van der Waals surface area contributed by atoms with Crippen molar-refractivity contribution < 1.29 is 24.0 Å². The Hall–Kier alpha value is -1.69. The monoisotopic (exact) mass is 256 g/mol. The van der Waals surface area contributed by atoms with Crippen molar-refractivity contribution in [1.29, 1.82) is 0 Å². The summed E-state index contributed by atoms with van der Waals surface area (Å²) >= 11 is 0. The van der Waals surface area contributed by atoms with Gasteiger partial charge in [0.15, 0.2) is 5.92 Å². The maximum Gasteiger partial charge on any atom is 0.318 e. The highest BCUT2D eigenvalue weighted by Gasteiger charge is 2.25. The molecule has 1 unspecified atom stereocenters. The van der Waals surface area contributed by atoms with Crippen molar-refractivity contribution in [3.63, 3.8) is 0 Å². The van der Waals surface area contributed by atoms with E-state index in [1.807, 2.05) is 0 Å². The first kappa shape index (κ1) is 13.4. The van der Waals surface area contributed by atoms with Gasteiger partial charge in [0.1, 0.15) is 0 Å². The van der Waals surface area contributed by atoms with E-state index in [1.165, 1.54) is 6.26 Å². The van der Waals surface area contributed by atoms with Crippen LogP contribution >= 0.6 is 0 Å². The lowest BCUT2D eigenvalue weighted by Crippen LogP contribution is -2.25. The summed E-state index contributed by atoms with van der Waals surface area (Å²) in [6.45, 7) is 0. The third-order valence-electron chi connectivity index (χ3n) is 2.29. The second-order valence-corrected chi connectivity index (χ2v) is 4.91. The first-order valence-electron chi connectivity index (χ1n) is 4.80. The van der Waals surface area contributed by atoms with Crippen LogP contribution < -0.4 is 0 Å². The fourth-order valence-electron chi connectivity index (χ4n) is 1.33. The molecule has 1 rings (SSSR count). The molecule has 1 aromatic rings. The van der Waals surface area contributed by atoms with Gasteiger partial charge in [0.25, 0.3) is 0 Å². The second kappa shape index (κ2) is 5.58. The first-order valence-corrected chi connectivity index (χ1v) is 6.35. The molecule has 0 amide bonds. The smallest absolute Gasteiger partial charge is 0.318 e. The molecule has 0 aromatic heterocycles. The predicted octanol–water partition coefficient (Wildman–Crippen LogP) is 0.752. The minimum absolute atomic E-state index is 0.0820. The fraction of sp³-hybridized carbons (Fsp3) is 0.273. The highest BCUT2D eigenvalue weighted by Crippen LogP contribution is 2.12. The lowest BCUT2D eigenvalue weighted by molar-refractivity contribution is -0.154. The third-order valence-corrected chi connectivity index (χ3v) is 3.23. The van der Waals surface area contributed by atoms with Gasteiger partial charge in [0.2, 0.25) is 0 Å². The Balaban J connectivity index is 2.84. The molecule has 0 radical (unpaired) electrons. The van der Waals surface area contributed by atoms with Gasteiger partial charge in [-0.05, 0) is 24.1 Å². The molecule has 0 aliphatic carbocycles. The lowest BCUT2D eigenvalue weighted by atomic mass is 10.00. The van der Waals surface area contributed by atoms with E-state index in [4.69, 9.17) is 10.2 Å². The average molecular weight is 256 g/mol. The quantitative estimate of drug-likeness (QED) is 0.758. The molecule has 1 aromatic carbocycles. The molecule has 0 saturated carbocycles. The Morgan fingerprint density at radius 2 is 1.65 bits per heavy atom. The van der Waals surface area contributed by atoms with Crippen LogP contribution in [-0.4, -0.2) is 32.6 Å². The summed E-state index contributed by atoms with van der Waals surface area (Å²) in [6, 6.07) is 6.39. The molecule has 5 nitrogen and oxygen atoms in total. The Labute approximate surface area is 101 Å². The Morgan fingerprint density at radius 3 is 2.00 bits per heavy atom. The minimum Gasteiger partial charge on any atom is -0.481 e. The summed E-state index contributed by atoms with van der Waals surface area (Å²) in [6.07, 6.45) is 1.45. The topological polar surface area (TPSA) is 91.7 Å². The Bertz CT molecular complexity index is 437. The van der Waals surface area contributed by atoms with Crippen molar-refractivity contribution in [3.05, 3.63) is 29.8 Å². The van der Waals surface area contributed by atoms with Crippen molar-refractivity contribution in [1.82, 2.24) is 0 Å². The van der Waals surface area contributed by atoms with Gasteiger partial charge in [-0.1, -0.05) is 12.1 Å². The fourth-order valence-corrected chi connectivity index (χ4v) is 1.85. The van der Waals surface area contributed by atoms with Crippen LogP contribution in [0.2, 0.25) is 0 Å². The van der Waals surface area contributed by atoms with E-state index in [1.54, 1.807) is 24.3 Å². The van der Waals surface area contributed by atoms with Crippen molar-refractivity contribution in [2.45, 2.75) is 11.3 Å². The number of rotatable bonds is 5. The number of hydrogen-bond donors (Lipinski definition) is 2. The normalized spacial score (nSPS) is 12.4. The molecule has 0 aliphatic rings. The number of aliphatic carboxylic acids is 2. The summed E-state index contributed by atoms with van der Waals surface area (Å²) < 4.78 is 11.1.